The Morgan fingerprint density at radius 3 is 3.18 bits per heavy atom. The summed E-state index contributed by atoms with van der Waals surface area (Å²) >= 11 is 1.92. The number of aromatic nitrogens is 1. The molecule has 4 nitrogen and oxygen atoms in total. The molecule has 1 fully saturated rings. The lowest BCUT2D eigenvalue weighted by molar-refractivity contribution is 0.0950. The quantitative estimate of drug-likeness (QED) is 0.861. The molecule has 2 rings (SSSR count). The first kappa shape index (κ1) is 12.2. The summed E-state index contributed by atoms with van der Waals surface area (Å²) in [6.07, 6.45) is 6.47. The van der Waals surface area contributed by atoms with Crippen molar-refractivity contribution < 1.29 is 9.90 Å². The third-order valence-electron chi connectivity index (χ3n) is 2.81. The molecule has 1 aliphatic heterocycles. The summed E-state index contributed by atoms with van der Waals surface area (Å²) in [4.78, 5) is 15.5. The van der Waals surface area contributed by atoms with Gasteiger partial charge in [-0.25, -0.2) is 0 Å². The van der Waals surface area contributed by atoms with Gasteiger partial charge in [0.05, 0.1) is 11.8 Å². The zero-order valence-corrected chi connectivity index (χ0v) is 10.4. The maximum atomic E-state index is 11.8. The predicted octanol–water partition coefficient (Wildman–Crippen LogP) is 1.80. The fraction of sp³-hybridized carbons (Fsp3) is 0.500. The molecule has 2 heterocycles. The smallest absolute Gasteiger partial charge is 0.255 e. The molecule has 0 aromatic carbocycles. The Bertz CT molecular complexity index is 392. The Kier molecular flexibility index (Phi) is 4.25. The van der Waals surface area contributed by atoms with Crippen LogP contribution in [0.4, 0.5) is 0 Å². The van der Waals surface area contributed by atoms with Crippen LogP contribution in [0.15, 0.2) is 18.5 Å². The van der Waals surface area contributed by atoms with E-state index in [9.17, 15) is 9.90 Å². The fourth-order valence-electron chi connectivity index (χ4n) is 1.85. The fourth-order valence-corrected chi connectivity index (χ4v) is 3.09. The lowest BCUT2D eigenvalue weighted by atomic mass is 10.2. The molecule has 2 N–H and O–H groups in total. The van der Waals surface area contributed by atoms with Crippen molar-refractivity contribution in [1.82, 2.24) is 10.3 Å². The van der Waals surface area contributed by atoms with Gasteiger partial charge in [-0.1, -0.05) is 6.42 Å². The van der Waals surface area contributed by atoms with E-state index in [4.69, 9.17) is 0 Å². The lowest BCUT2D eigenvalue weighted by Gasteiger charge is -2.21. The molecule has 1 aromatic heterocycles. The van der Waals surface area contributed by atoms with Crippen molar-refractivity contribution in [1.29, 1.82) is 0 Å². The van der Waals surface area contributed by atoms with Crippen molar-refractivity contribution >= 4 is 17.7 Å². The summed E-state index contributed by atoms with van der Waals surface area (Å²) in [5.74, 6) is 0.887. The maximum absolute atomic E-state index is 11.8. The predicted molar refractivity (Wildman–Crippen MR) is 68.3 cm³/mol. The Morgan fingerprint density at radius 1 is 1.59 bits per heavy atom. The van der Waals surface area contributed by atoms with Crippen molar-refractivity contribution in [2.75, 3.05) is 12.3 Å². The van der Waals surface area contributed by atoms with Crippen LogP contribution in [-0.4, -0.2) is 33.5 Å². The third-order valence-corrected chi connectivity index (χ3v) is 4.21. The zero-order valence-electron chi connectivity index (χ0n) is 9.56. The van der Waals surface area contributed by atoms with E-state index in [1.54, 1.807) is 0 Å². The van der Waals surface area contributed by atoms with Gasteiger partial charge in [0.1, 0.15) is 5.75 Å². The van der Waals surface area contributed by atoms with Crippen LogP contribution in [0.2, 0.25) is 0 Å². The minimum absolute atomic E-state index is 0.0682. The summed E-state index contributed by atoms with van der Waals surface area (Å²) in [6, 6.07) is 1.53. The van der Waals surface area contributed by atoms with E-state index in [2.05, 4.69) is 10.3 Å². The van der Waals surface area contributed by atoms with E-state index < -0.39 is 0 Å². The van der Waals surface area contributed by atoms with Crippen LogP contribution >= 0.6 is 11.8 Å². The standard InChI is InChI=1S/C12H16N2O2S/c15-11-8-13-5-4-10(11)12(16)14-7-9-3-1-2-6-17-9/h4-5,8-9,15H,1-3,6-7H2,(H,14,16). The number of carbonyl (C=O) groups excluding carboxylic acids is 1. The Labute approximate surface area is 105 Å². The van der Waals surface area contributed by atoms with Crippen LogP contribution in [0, 0.1) is 0 Å². The number of nitrogens with one attached hydrogen (secondary N) is 1. The molecule has 1 atom stereocenters. The summed E-state index contributed by atoms with van der Waals surface area (Å²) in [6.45, 7) is 0.672. The first-order valence-corrected chi connectivity index (χ1v) is 6.85. The SMILES string of the molecule is O=C(NCC1CCCCS1)c1ccncc1O. The monoisotopic (exact) mass is 252 g/mol. The molecule has 0 bridgehead atoms. The molecule has 0 spiro atoms. The lowest BCUT2D eigenvalue weighted by Crippen LogP contribution is -2.31. The molecule has 1 amide bonds. The minimum atomic E-state index is -0.226. The van der Waals surface area contributed by atoms with Gasteiger partial charge in [0.15, 0.2) is 0 Å². The number of carbonyl (C=O) groups is 1. The third kappa shape index (κ3) is 3.36. The topological polar surface area (TPSA) is 62.2 Å². The van der Waals surface area contributed by atoms with Crippen molar-refractivity contribution in [2.24, 2.45) is 0 Å². The number of hydrogen-bond donors (Lipinski definition) is 2. The van der Waals surface area contributed by atoms with Gasteiger partial charge in [0.2, 0.25) is 0 Å². The highest BCUT2D eigenvalue weighted by molar-refractivity contribution is 7.99. The van der Waals surface area contributed by atoms with E-state index >= 15 is 0 Å². The molecule has 17 heavy (non-hydrogen) atoms. The van der Waals surface area contributed by atoms with Crippen molar-refractivity contribution in [2.45, 2.75) is 24.5 Å². The van der Waals surface area contributed by atoms with Crippen LogP contribution in [0.3, 0.4) is 0 Å². The van der Waals surface area contributed by atoms with E-state index in [0.29, 0.717) is 17.4 Å². The number of amides is 1. The van der Waals surface area contributed by atoms with Gasteiger partial charge in [0.25, 0.3) is 5.91 Å². The van der Waals surface area contributed by atoms with Crippen LogP contribution < -0.4 is 5.32 Å². The molecular formula is C12H16N2O2S. The average Bonchev–Trinajstić information content (AvgIpc) is 2.38. The largest absolute Gasteiger partial charge is 0.505 e. The van der Waals surface area contributed by atoms with Gasteiger partial charge in [-0.2, -0.15) is 11.8 Å². The highest BCUT2D eigenvalue weighted by Crippen LogP contribution is 2.24. The Balaban J connectivity index is 1.87. The van der Waals surface area contributed by atoms with Gasteiger partial charge < -0.3 is 10.4 Å². The highest BCUT2D eigenvalue weighted by atomic mass is 32.2. The molecule has 1 aromatic rings. The van der Waals surface area contributed by atoms with Crippen LogP contribution in [0.1, 0.15) is 29.6 Å². The van der Waals surface area contributed by atoms with Gasteiger partial charge in [-0.3, -0.25) is 9.78 Å². The summed E-state index contributed by atoms with van der Waals surface area (Å²) in [5.41, 5.74) is 0.292. The maximum Gasteiger partial charge on any atom is 0.255 e. The van der Waals surface area contributed by atoms with E-state index in [-0.39, 0.29) is 11.7 Å². The summed E-state index contributed by atoms with van der Waals surface area (Å²) < 4.78 is 0. The van der Waals surface area contributed by atoms with E-state index in [1.807, 2.05) is 11.8 Å². The Hall–Kier alpha value is -1.23. The molecule has 0 aliphatic carbocycles. The molecule has 5 heteroatoms. The van der Waals surface area contributed by atoms with Crippen molar-refractivity contribution in [3.63, 3.8) is 0 Å². The second kappa shape index (κ2) is 5.91. The minimum Gasteiger partial charge on any atom is -0.505 e. The molecule has 1 aliphatic rings. The molecular weight excluding hydrogens is 236 g/mol. The molecule has 1 unspecified atom stereocenters. The first-order chi connectivity index (χ1) is 8.27. The van der Waals surface area contributed by atoms with Crippen LogP contribution in [-0.2, 0) is 0 Å². The van der Waals surface area contributed by atoms with Gasteiger partial charge in [0, 0.05) is 18.0 Å². The summed E-state index contributed by atoms with van der Waals surface area (Å²) in [7, 11) is 0. The second-order valence-corrected chi connectivity index (χ2v) is 5.50. The molecule has 92 valence electrons. The van der Waals surface area contributed by atoms with Gasteiger partial charge >= 0.3 is 0 Å². The number of rotatable bonds is 3. The zero-order chi connectivity index (χ0) is 12.1. The number of pyridine rings is 1. The van der Waals surface area contributed by atoms with Crippen molar-refractivity contribution in [3.8, 4) is 5.75 Å². The number of nitrogens with zero attached hydrogens (tertiary/aromatic N) is 1. The van der Waals surface area contributed by atoms with Gasteiger partial charge in [-0.05, 0) is 24.7 Å². The average molecular weight is 252 g/mol. The van der Waals surface area contributed by atoms with E-state index in [0.717, 1.165) is 6.42 Å². The highest BCUT2D eigenvalue weighted by Gasteiger charge is 2.16. The van der Waals surface area contributed by atoms with E-state index in [1.165, 1.54) is 37.1 Å². The molecule has 0 saturated carbocycles. The Morgan fingerprint density at radius 2 is 2.47 bits per heavy atom. The normalized spacial score (nSPS) is 19.9. The number of thioether (sulfide) groups is 1. The molecule has 1 saturated heterocycles. The van der Waals surface area contributed by atoms with Crippen LogP contribution in [0.5, 0.6) is 5.75 Å². The van der Waals surface area contributed by atoms with Gasteiger partial charge in [-0.15, -0.1) is 0 Å². The first-order valence-electron chi connectivity index (χ1n) is 5.80. The number of hydrogen-bond acceptors (Lipinski definition) is 4. The molecule has 0 radical (unpaired) electrons. The van der Waals surface area contributed by atoms with Crippen LogP contribution in [0.25, 0.3) is 0 Å². The summed E-state index contributed by atoms with van der Waals surface area (Å²) in [5, 5.41) is 12.9. The number of aromatic hydroxyl groups is 1. The van der Waals surface area contributed by atoms with Crippen molar-refractivity contribution in [3.05, 3.63) is 24.0 Å². The second-order valence-electron chi connectivity index (χ2n) is 4.09.